The fraction of sp³-hybridized carbons (Fsp3) is 0.385. The number of rotatable bonds is 5. The van der Waals surface area contributed by atoms with E-state index in [-0.39, 0.29) is 5.88 Å². The lowest BCUT2D eigenvalue weighted by Gasteiger charge is -2.13. The van der Waals surface area contributed by atoms with Crippen molar-refractivity contribution in [3.63, 3.8) is 0 Å². The molecule has 2 rings (SSSR count). The minimum absolute atomic E-state index is 0.203. The fourth-order valence-electron chi connectivity index (χ4n) is 1.64. The third-order valence-electron chi connectivity index (χ3n) is 2.72. The molecular weight excluding hydrogens is 266 g/mol. The first-order chi connectivity index (χ1) is 9.10. The summed E-state index contributed by atoms with van der Waals surface area (Å²) in [7, 11) is 0. The summed E-state index contributed by atoms with van der Waals surface area (Å²) in [5.74, 6) is 1.22. The predicted molar refractivity (Wildman–Crippen MR) is 74.4 cm³/mol. The van der Waals surface area contributed by atoms with Gasteiger partial charge in [0.25, 0.3) is 0 Å². The van der Waals surface area contributed by atoms with Gasteiger partial charge in [0.2, 0.25) is 11.8 Å². The van der Waals surface area contributed by atoms with Crippen LogP contribution in [-0.2, 0) is 0 Å². The highest BCUT2D eigenvalue weighted by Gasteiger charge is 2.09. The van der Waals surface area contributed by atoms with Crippen LogP contribution in [0.25, 0.3) is 11.5 Å². The molecule has 0 aliphatic carbocycles. The van der Waals surface area contributed by atoms with Gasteiger partial charge in [-0.3, -0.25) is 0 Å². The first-order valence-corrected chi connectivity index (χ1v) is 6.52. The molecule has 1 aromatic heterocycles. The van der Waals surface area contributed by atoms with E-state index in [4.69, 9.17) is 16.0 Å². The van der Waals surface area contributed by atoms with Crippen LogP contribution in [0.15, 0.2) is 22.6 Å². The third-order valence-corrected chi connectivity index (χ3v) is 3.07. The molecule has 0 aliphatic heterocycles. The molecule has 2 aromatic rings. The molecule has 5 nitrogen and oxygen atoms in total. The van der Waals surface area contributed by atoms with E-state index >= 15 is 0 Å². The molecule has 0 amide bonds. The van der Waals surface area contributed by atoms with Crippen molar-refractivity contribution in [2.24, 2.45) is 0 Å². The summed E-state index contributed by atoms with van der Waals surface area (Å²) in [5, 5.41) is 20.4. The smallest absolute Gasteiger partial charge is 0.247 e. The van der Waals surface area contributed by atoms with E-state index in [2.05, 4.69) is 15.5 Å². The number of benzene rings is 1. The second-order valence-corrected chi connectivity index (χ2v) is 4.65. The van der Waals surface area contributed by atoms with Gasteiger partial charge in [0.05, 0.1) is 12.0 Å². The number of alkyl halides is 1. The van der Waals surface area contributed by atoms with Crippen molar-refractivity contribution in [2.45, 2.75) is 20.0 Å². The van der Waals surface area contributed by atoms with Gasteiger partial charge in [0, 0.05) is 24.7 Å². The third kappa shape index (κ3) is 3.45. The zero-order valence-electron chi connectivity index (χ0n) is 10.9. The normalized spacial score (nSPS) is 12.4. The highest BCUT2D eigenvalue weighted by Crippen LogP contribution is 2.24. The van der Waals surface area contributed by atoms with Crippen LogP contribution in [0.3, 0.4) is 0 Å². The Balaban J connectivity index is 2.19. The van der Waals surface area contributed by atoms with E-state index < -0.39 is 6.10 Å². The van der Waals surface area contributed by atoms with Crippen LogP contribution in [0.2, 0.25) is 0 Å². The lowest BCUT2D eigenvalue weighted by molar-refractivity contribution is 0.211. The molecule has 1 unspecified atom stereocenters. The van der Waals surface area contributed by atoms with Gasteiger partial charge in [-0.1, -0.05) is 6.07 Å². The van der Waals surface area contributed by atoms with Crippen molar-refractivity contribution in [2.75, 3.05) is 17.7 Å². The Kier molecular flexibility index (Phi) is 4.39. The summed E-state index contributed by atoms with van der Waals surface area (Å²) in [6.07, 6.45) is -0.574. The molecule has 19 heavy (non-hydrogen) atoms. The van der Waals surface area contributed by atoms with E-state index in [1.165, 1.54) is 0 Å². The molecule has 1 heterocycles. The number of aliphatic hydroxyl groups excluding tert-OH is 1. The Hall–Kier alpha value is -1.59. The minimum Gasteiger partial charge on any atom is -0.421 e. The Labute approximate surface area is 116 Å². The second kappa shape index (κ2) is 6.04. The summed E-state index contributed by atoms with van der Waals surface area (Å²) in [5.41, 5.74) is 2.83. The molecule has 0 saturated heterocycles. The van der Waals surface area contributed by atoms with Crippen molar-refractivity contribution in [1.29, 1.82) is 0 Å². The number of halogens is 1. The fourth-order valence-corrected chi connectivity index (χ4v) is 1.75. The zero-order valence-corrected chi connectivity index (χ0v) is 11.6. The molecule has 102 valence electrons. The van der Waals surface area contributed by atoms with Crippen molar-refractivity contribution in [3.05, 3.63) is 29.7 Å². The van der Waals surface area contributed by atoms with E-state index in [1.807, 2.05) is 25.1 Å². The van der Waals surface area contributed by atoms with Gasteiger partial charge < -0.3 is 14.8 Å². The average Bonchev–Trinajstić information content (AvgIpc) is 2.84. The van der Waals surface area contributed by atoms with E-state index in [9.17, 15) is 5.11 Å². The van der Waals surface area contributed by atoms with E-state index in [1.54, 1.807) is 6.92 Å². The standard InChI is InChI=1S/C13H16ClN3O2/c1-8-3-4-10(13-17-16-9(2)19-13)5-12(8)15-7-11(18)6-14/h3-5,11,15,18H,6-7H2,1-2H3. The summed E-state index contributed by atoms with van der Waals surface area (Å²) in [6, 6.07) is 5.80. The highest BCUT2D eigenvalue weighted by molar-refractivity contribution is 6.18. The molecular formula is C13H16ClN3O2. The number of anilines is 1. The molecule has 0 saturated carbocycles. The van der Waals surface area contributed by atoms with Crippen molar-refractivity contribution < 1.29 is 9.52 Å². The molecule has 0 bridgehead atoms. The van der Waals surface area contributed by atoms with Gasteiger partial charge in [-0.25, -0.2) is 0 Å². The largest absolute Gasteiger partial charge is 0.421 e. The molecule has 0 spiro atoms. The number of hydrogen-bond acceptors (Lipinski definition) is 5. The number of aliphatic hydroxyl groups is 1. The lowest BCUT2D eigenvalue weighted by Crippen LogP contribution is -2.21. The molecule has 0 radical (unpaired) electrons. The maximum atomic E-state index is 9.46. The Morgan fingerprint density at radius 2 is 2.16 bits per heavy atom. The van der Waals surface area contributed by atoms with E-state index in [0.717, 1.165) is 16.8 Å². The number of nitrogens with zero attached hydrogens (tertiary/aromatic N) is 2. The van der Waals surface area contributed by atoms with Crippen LogP contribution in [0.4, 0.5) is 5.69 Å². The van der Waals surface area contributed by atoms with Gasteiger partial charge in [-0.15, -0.1) is 21.8 Å². The van der Waals surface area contributed by atoms with Crippen LogP contribution in [0, 0.1) is 13.8 Å². The van der Waals surface area contributed by atoms with Crippen LogP contribution >= 0.6 is 11.6 Å². The molecule has 0 aliphatic rings. The van der Waals surface area contributed by atoms with Crippen molar-refractivity contribution >= 4 is 17.3 Å². The number of nitrogens with one attached hydrogen (secondary N) is 1. The summed E-state index contributed by atoms with van der Waals surface area (Å²) in [4.78, 5) is 0. The zero-order chi connectivity index (χ0) is 13.8. The highest BCUT2D eigenvalue weighted by atomic mass is 35.5. The van der Waals surface area contributed by atoms with Crippen LogP contribution in [0.1, 0.15) is 11.5 Å². The van der Waals surface area contributed by atoms with Gasteiger partial charge >= 0.3 is 0 Å². The first-order valence-electron chi connectivity index (χ1n) is 5.99. The number of aromatic nitrogens is 2. The van der Waals surface area contributed by atoms with Crippen LogP contribution in [0.5, 0.6) is 0 Å². The topological polar surface area (TPSA) is 71.2 Å². The summed E-state index contributed by atoms with van der Waals surface area (Å²) in [6.45, 7) is 4.13. The van der Waals surface area contributed by atoms with Gasteiger partial charge in [-0.2, -0.15) is 0 Å². The van der Waals surface area contributed by atoms with Crippen molar-refractivity contribution in [1.82, 2.24) is 10.2 Å². The summed E-state index contributed by atoms with van der Waals surface area (Å²) >= 11 is 5.56. The SMILES string of the molecule is Cc1nnc(-c2ccc(C)c(NCC(O)CCl)c2)o1. The predicted octanol–water partition coefficient (Wildman–Crippen LogP) is 2.37. The molecule has 1 aromatic carbocycles. The minimum atomic E-state index is -0.574. The Bertz CT molecular complexity index is 557. The van der Waals surface area contributed by atoms with Crippen LogP contribution < -0.4 is 5.32 Å². The molecule has 0 fully saturated rings. The maximum Gasteiger partial charge on any atom is 0.247 e. The molecule has 1 atom stereocenters. The lowest BCUT2D eigenvalue weighted by atomic mass is 10.1. The Morgan fingerprint density at radius 1 is 1.37 bits per heavy atom. The average molecular weight is 282 g/mol. The Morgan fingerprint density at radius 3 is 2.79 bits per heavy atom. The van der Waals surface area contributed by atoms with Crippen molar-refractivity contribution in [3.8, 4) is 11.5 Å². The molecule has 2 N–H and O–H groups in total. The molecule has 6 heteroatoms. The van der Waals surface area contributed by atoms with Gasteiger partial charge in [-0.05, 0) is 24.6 Å². The first kappa shape index (κ1) is 13.8. The van der Waals surface area contributed by atoms with Gasteiger partial charge in [0.15, 0.2) is 0 Å². The number of aryl methyl sites for hydroxylation is 2. The summed E-state index contributed by atoms with van der Waals surface area (Å²) < 4.78 is 5.39. The maximum absolute atomic E-state index is 9.46. The van der Waals surface area contributed by atoms with E-state index in [0.29, 0.717) is 18.3 Å². The second-order valence-electron chi connectivity index (χ2n) is 4.34. The van der Waals surface area contributed by atoms with Crippen LogP contribution in [-0.4, -0.2) is 33.8 Å². The van der Waals surface area contributed by atoms with Gasteiger partial charge in [0.1, 0.15) is 0 Å². The number of hydrogen-bond donors (Lipinski definition) is 2. The monoisotopic (exact) mass is 281 g/mol. The quantitative estimate of drug-likeness (QED) is 0.823.